The molecule has 0 spiro atoms. The molecule has 3 heterocycles. The summed E-state index contributed by atoms with van der Waals surface area (Å²) >= 11 is 0. The molecule has 0 saturated carbocycles. The molecule has 1 saturated heterocycles. The molecular formula is C24H24FN3O4. The zero-order chi connectivity index (χ0) is 22.1. The second-order valence-electron chi connectivity index (χ2n) is 8.11. The highest BCUT2D eigenvalue weighted by atomic mass is 19.1. The average molecular weight is 437 g/mol. The van der Waals surface area contributed by atoms with Crippen LogP contribution in [0.15, 0.2) is 48.8 Å². The minimum atomic E-state index is -0.707. The molecule has 3 aromatic rings. The van der Waals surface area contributed by atoms with Gasteiger partial charge in [-0.1, -0.05) is 12.1 Å². The van der Waals surface area contributed by atoms with Gasteiger partial charge in [0.05, 0.1) is 36.6 Å². The number of hydrogen-bond acceptors (Lipinski definition) is 5. The monoisotopic (exact) mass is 437 g/mol. The van der Waals surface area contributed by atoms with Crippen LogP contribution in [-0.4, -0.2) is 52.8 Å². The van der Waals surface area contributed by atoms with Gasteiger partial charge in [0.15, 0.2) is 0 Å². The highest BCUT2D eigenvalue weighted by molar-refractivity contribution is 5.95. The number of rotatable bonds is 5. The van der Waals surface area contributed by atoms with E-state index in [-0.39, 0.29) is 12.2 Å². The number of carbonyl (C=O) groups is 1. The number of amides is 1. The van der Waals surface area contributed by atoms with Crippen LogP contribution >= 0.6 is 0 Å². The molecule has 32 heavy (non-hydrogen) atoms. The molecule has 0 radical (unpaired) electrons. The fraction of sp³-hybridized carbons (Fsp3) is 0.333. The van der Waals surface area contributed by atoms with Gasteiger partial charge >= 0.3 is 0 Å². The number of aliphatic hydroxyl groups is 1. The van der Waals surface area contributed by atoms with Crippen molar-refractivity contribution in [2.45, 2.75) is 31.4 Å². The zero-order valence-electron chi connectivity index (χ0n) is 17.5. The Morgan fingerprint density at radius 1 is 1.28 bits per heavy atom. The molecule has 2 aliphatic heterocycles. The summed E-state index contributed by atoms with van der Waals surface area (Å²) in [6.07, 6.45) is 4.24. The fourth-order valence-corrected chi connectivity index (χ4v) is 4.23. The van der Waals surface area contributed by atoms with Gasteiger partial charge in [0.25, 0.3) is 5.91 Å². The van der Waals surface area contributed by atoms with Gasteiger partial charge in [0, 0.05) is 37.4 Å². The maximum atomic E-state index is 15.2. The molecule has 2 N–H and O–H groups in total. The number of aliphatic hydroxyl groups excluding tert-OH is 1. The number of aromatic nitrogens is 2. The van der Waals surface area contributed by atoms with Gasteiger partial charge in [-0.25, -0.2) is 9.07 Å². The van der Waals surface area contributed by atoms with Crippen LogP contribution in [-0.2, 0) is 17.6 Å². The normalized spacial score (nSPS) is 19.9. The molecule has 1 amide bonds. The summed E-state index contributed by atoms with van der Waals surface area (Å²) in [5.41, 5.74) is 3.10. The zero-order valence-corrected chi connectivity index (χ0v) is 17.5. The third-order valence-corrected chi connectivity index (χ3v) is 5.96. The molecule has 8 heteroatoms. The number of benzene rings is 2. The van der Waals surface area contributed by atoms with E-state index in [1.165, 1.54) is 0 Å². The summed E-state index contributed by atoms with van der Waals surface area (Å²) in [4.78, 5) is 12.9. The summed E-state index contributed by atoms with van der Waals surface area (Å²) in [6.45, 7) is 1.04. The molecule has 1 fully saturated rings. The minimum Gasteiger partial charge on any atom is -0.493 e. The van der Waals surface area contributed by atoms with E-state index < -0.39 is 23.9 Å². The van der Waals surface area contributed by atoms with Crippen molar-refractivity contribution < 1.29 is 23.8 Å². The first-order chi connectivity index (χ1) is 15.6. The van der Waals surface area contributed by atoms with Crippen molar-refractivity contribution in [1.29, 1.82) is 0 Å². The molecular weight excluding hydrogens is 413 g/mol. The first-order valence-electron chi connectivity index (χ1n) is 10.7. The van der Waals surface area contributed by atoms with Crippen LogP contribution in [0, 0.1) is 5.82 Å². The van der Waals surface area contributed by atoms with E-state index in [2.05, 4.69) is 10.4 Å². The van der Waals surface area contributed by atoms with Crippen molar-refractivity contribution in [2.75, 3.05) is 19.8 Å². The standard InChI is InChI=1S/C24H24FN3O4/c25-22-18-6-11-32-23(18)16(12-15-2-4-17(5-3-15)28-9-1-8-26-28)13-19(22)24(30)27-20-14-31-10-7-21(20)29/h1-5,8-9,13,20-21,29H,6-7,10-12,14H2,(H,27,30)/t20-,21-/m0/s1. The van der Waals surface area contributed by atoms with E-state index in [0.717, 1.165) is 16.8 Å². The van der Waals surface area contributed by atoms with Gasteiger partial charge in [0.1, 0.15) is 11.6 Å². The third kappa shape index (κ3) is 3.99. The van der Waals surface area contributed by atoms with Crippen LogP contribution in [0.1, 0.15) is 33.5 Å². The van der Waals surface area contributed by atoms with E-state index in [1.807, 2.05) is 36.5 Å². The molecule has 5 rings (SSSR count). The van der Waals surface area contributed by atoms with Gasteiger partial charge in [-0.05, 0) is 41.8 Å². The Morgan fingerprint density at radius 2 is 2.12 bits per heavy atom. The molecule has 7 nitrogen and oxygen atoms in total. The maximum Gasteiger partial charge on any atom is 0.254 e. The fourth-order valence-electron chi connectivity index (χ4n) is 4.23. The van der Waals surface area contributed by atoms with Gasteiger partial charge < -0.3 is 19.9 Å². The van der Waals surface area contributed by atoms with Crippen LogP contribution in [0.25, 0.3) is 5.69 Å². The number of carbonyl (C=O) groups excluding carboxylic acids is 1. The Bertz CT molecular complexity index is 1120. The van der Waals surface area contributed by atoms with E-state index in [9.17, 15) is 9.90 Å². The molecule has 2 atom stereocenters. The van der Waals surface area contributed by atoms with Gasteiger partial charge in [-0.3, -0.25) is 4.79 Å². The predicted octanol–water partition coefficient (Wildman–Crippen LogP) is 2.42. The minimum absolute atomic E-state index is 0.0322. The smallest absolute Gasteiger partial charge is 0.254 e. The van der Waals surface area contributed by atoms with Crippen molar-refractivity contribution in [3.8, 4) is 11.4 Å². The van der Waals surface area contributed by atoms with Crippen LogP contribution in [0.3, 0.4) is 0 Å². The van der Waals surface area contributed by atoms with Gasteiger partial charge in [-0.2, -0.15) is 5.10 Å². The number of nitrogens with one attached hydrogen (secondary N) is 1. The number of nitrogens with zero attached hydrogens (tertiary/aromatic N) is 2. The number of fused-ring (bicyclic) bond motifs is 1. The molecule has 0 bridgehead atoms. The third-order valence-electron chi connectivity index (χ3n) is 5.96. The summed E-state index contributed by atoms with van der Waals surface area (Å²) in [5.74, 6) is -0.586. The first kappa shape index (κ1) is 20.7. The molecule has 166 valence electrons. The van der Waals surface area contributed by atoms with E-state index in [1.54, 1.807) is 16.9 Å². The highest BCUT2D eigenvalue weighted by Gasteiger charge is 2.30. The second kappa shape index (κ2) is 8.72. The van der Waals surface area contributed by atoms with Crippen molar-refractivity contribution >= 4 is 5.91 Å². The molecule has 2 aliphatic rings. The van der Waals surface area contributed by atoms with Gasteiger partial charge in [-0.15, -0.1) is 0 Å². The van der Waals surface area contributed by atoms with Crippen molar-refractivity contribution in [3.63, 3.8) is 0 Å². The lowest BCUT2D eigenvalue weighted by molar-refractivity contribution is -0.0140. The van der Waals surface area contributed by atoms with Crippen LogP contribution in [0.5, 0.6) is 5.75 Å². The second-order valence-corrected chi connectivity index (χ2v) is 8.11. The highest BCUT2D eigenvalue weighted by Crippen LogP contribution is 2.35. The molecule has 0 unspecified atom stereocenters. The SMILES string of the molecule is O=C(N[C@H]1COCC[C@@H]1O)c1cc(Cc2ccc(-n3cccn3)cc2)c2c(c1F)CCO2. The van der Waals surface area contributed by atoms with Crippen LogP contribution < -0.4 is 10.1 Å². The average Bonchev–Trinajstić information content (AvgIpc) is 3.50. The van der Waals surface area contributed by atoms with E-state index >= 15 is 4.39 Å². The number of hydrogen-bond donors (Lipinski definition) is 2. The predicted molar refractivity (Wildman–Crippen MR) is 115 cm³/mol. The van der Waals surface area contributed by atoms with E-state index in [4.69, 9.17) is 9.47 Å². The first-order valence-corrected chi connectivity index (χ1v) is 10.7. The molecule has 1 aromatic heterocycles. The summed E-state index contributed by atoms with van der Waals surface area (Å²) in [7, 11) is 0. The topological polar surface area (TPSA) is 85.6 Å². The largest absolute Gasteiger partial charge is 0.493 e. The Balaban J connectivity index is 1.41. The molecule has 2 aromatic carbocycles. The maximum absolute atomic E-state index is 15.2. The summed E-state index contributed by atoms with van der Waals surface area (Å²) in [5, 5.41) is 17.1. The lowest BCUT2D eigenvalue weighted by atomic mass is 9.96. The van der Waals surface area contributed by atoms with Crippen LogP contribution in [0.4, 0.5) is 4.39 Å². The Kier molecular flexibility index (Phi) is 5.63. The Morgan fingerprint density at radius 3 is 2.88 bits per heavy atom. The number of ether oxygens (including phenoxy) is 2. The Hall–Kier alpha value is -3.23. The summed E-state index contributed by atoms with van der Waals surface area (Å²) < 4.78 is 28.0. The number of halogens is 1. The van der Waals surface area contributed by atoms with Crippen LogP contribution in [0.2, 0.25) is 0 Å². The quantitative estimate of drug-likeness (QED) is 0.640. The summed E-state index contributed by atoms with van der Waals surface area (Å²) in [6, 6.07) is 10.8. The molecule has 0 aliphatic carbocycles. The lowest BCUT2D eigenvalue weighted by Gasteiger charge is -2.28. The van der Waals surface area contributed by atoms with E-state index in [0.29, 0.717) is 43.8 Å². The Labute approximate surface area is 184 Å². The lowest BCUT2D eigenvalue weighted by Crippen LogP contribution is -2.49. The van der Waals surface area contributed by atoms with Crippen molar-refractivity contribution in [1.82, 2.24) is 15.1 Å². The van der Waals surface area contributed by atoms with Crippen molar-refractivity contribution in [2.24, 2.45) is 0 Å². The van der Waals surface area contributed by atoms with Gasteiger partial charge in [0.2, 0.25) is 0 Å². The van der Waals surface area contributed by atoms with Crippen molar-refractivity contribution in [3.05, 3.63) is 76.9 Å².